The monoisotopic (exact) mass is 363 g/mol. The molecular weight excluding hydrogens is 338 g/mol. The Morgan fingerprint density at radius 3 is 2.89 bits per heavy atom. The SMILES string of the molecule is COc1nc2c(cc1C(=O)N1C[C@@H]3CNC[C@@H]3[C@H]1c1ccccc1)CCC2. The number of aromatic nitrogens is 1. The van der Waals surface area contributed by atoms with E-state index in [-0.39, 0.29) is 11.9 Å². The summed E-state index contributed by atoms with van der Waals surface area (Å²) in [6.45, 7) is 2.74. The van der Waals surface area contributed by atoms with Crippen molar-refractivity contribution < 1.29 is 9.53 Å². The van der Waals surface area contributed by atoms with Crippen molar-refractivity contribution in [2.45, 2.75) is 25.3 Å². The Morgan fingerprint density at radius 1 is 1.22 bits per heavy atom. The molecule has 3 heterocycles. The Morgan fingerprint density at radius 2 is 2.07 bits per heavy atom. The molecule has 0 spiro atoms. The normalized spacial score (nSPS) is 26.1. The molecule has 2 aromatic rings. The fraction of sp³-hybridized carbons (Fsp3) is 0.455. The van der Waals surface area contributed by atoms with Crippen LogP contribution in [0.5, 0.6) is 5.88 Å². The van der Waals surface area contributed by atoms with Crippen LogP contribution in [-0.4, -0.2) is 42.5 Å². The van der Waals surface area contributed by atoms with Crippen LogP contribution in [0.25, 0.3) is 0 Å². The Hall–Kier alpha value is -2.40. The largest absolute Gasteiger partial charge is 0.480 e. The van der Waals surface area contributed by atoms with Gasteiger partial charge in [-0.15, -0.1) is 0 Å². The van der Waals surface area contributed by atoms with E-state index in [1.165, 1.54) is 11.1 Å². The highest BCUT2D eigenvalue weighted by Gasteiger charge is 2.47. The molecule has 2 aliphatic heterocycles. The maximum Gasteiger partial charge on any atom is 0.259 e. The number of methoxy groups -OCH3 is 1. The van der Waals surface area contributed by atoms with Gasteiger partial charge in [0.25, 0.3) is 5.91 Å². The Balaban J connectivity index is 1.54. The van der Waals surface area contributed by atoms with Crippen LogP contribution in [0.4, 0.5) is 0 Å². The van der Waals surface area contributed by atoms with E-state index in [9.17, 15) is 4.79 Å². The van der Waals surface area contributed by atoms with Gasteiger partial charge in [-0.05, 0) is 42.4 Å². The first-order valence-corrected chi connectivity index (χ1v) is 9.89. The Bertz CT molecular complexity index is 867. The number of hydrogen-bond donors (Lipinski definition) is 1. The number of nitrogens with one attached hydrogen (secondary N) is 1. The summed E-state index contributed by atoms with van der Waals surface area (Å²) in [5, 5.41) is 3.50. The molecule has 140 valence electrons. The predicted molar refractivity (Wildman–Crippen MR) is 103 cm³/mol. The average molecular weight is 363 g/mol. The minimum Gasteiger partial charge on any atom is -0.480 e. The Labute approximate surface area is 159 Å². The van der Waals surface area contributed by atoms with Gasteiger partial charge in [-0.25, -0.2) is 4.98 Å². The third kappa shape index (κ3) is 2.72. The van der Waals surface area contributed by atoms with Crippen molar-refractivity contribution in [2.24, 2.45) is 11.8 Å². The van der Waals surface area contributed by atoms with Gasteiger partial charge < -0.3 is 15.0 Å². The van der Waals surface area contributed by atoms with Crippen LogP contribution in [0.1, 0.15) is 39.6 Å². The van der Waals surface area contributed by atoms with Crippen molar-refractivity contribution in [2.75, 3.05) is 26.7 Å². The number of ether oxygens (including phenoxy) is 1. The van der Waals surface area contributed by atoms with Gasteiger partial charge in [0, 0.05) is 31.2 Å². The molecule has 5 heteroatoms. The standard InChI is InChI=1S/C22H25N3O2/c1-27-21-17(10-15-8-5-9-19(15)24-21)22(26)25-13-16-11-23-12-18(16)20(25)14-6-3-2-4-7-14/h2-4,6-7,10,16,18,20,23H,5,8-9,11-13H2,1H3/t16-,18-,20+/m0/s1. The van der Waals surface area contributed by atoms with Crippen molar-refractivity contribution in [3.8, 4) is 5.88 Å². The van der Waals surface area contributed by atoms with E-state index in [0.717, 1.165) is 44.6 Å². The number of carbonyl (C=O) groups excluding carboxylic acids is 1. The zero-order valence-electron chi connectivity index (χ0n) is 15.6. The highest BCUT2D eigenvalue weighted by molar-refractivity contribution is 5.97. The lowest BCUT2D eigenvalue weighted by Crippen LogP contribution is -2.35. The molecule has 3 atom stereocenters. The van der Waals surface area contributed by atoms with Crippen LogP contribution < -0.4 is 10.1 Å². The molecule has 1 aromatic heterocycles. The number of carbonyl (C=O) groups is 1. The lowest BCUT2D eigenvalue weighted by molar-refractivity contribution is 0.0709. The van der Waals surface area contributed by atoms with Crippen LogP contribution in [-0.2, 0) is 12.8 Å². The molecule has 5 nitrogen and oxygen atoms in total. The quantitative estimate of drug-likeness (QED) is 0.911. The molecular formula is C22H25N3O2. The van der Waals surface area contributed by atoms with Gasteiger partial charge in [0.15, 0.2) is 0 Å². The number of hydrogen-bond acceptors (Lipinski definition) is 4. The second kappa shape index (κ2) is 6.64. The van der Waals surface area contributed by atoms with E-state index in [1.54, 1.807) is 7.11 Å². The molecule has 3 aliphatic rings. The average Bonchev–Trinajstić information content (AvgIpc) is 3.41. The molecule has 0 saturated carbocycles. The first-order valence-electron chi connectivity index (χ1n) is 9.89. The molecule has 1 aromatic carbocycles. The predicted octanol–water partition coefficient (Wildman–Crippen LogP) is 2.61. The van der Waals surface area contributed by atoms with Gasteiger partial charge in [0.1, 0.15) is 5.56 Å². The molecule has 2 fully saturated rings. The topological polar surface area (TPSA) is 54.5 Å². The van der Waals surface area contributed by atoms with Gasteiger partial charge in [-0.2, -0.15) is 0 Å². The number of likely N-dealkylation sites (tertiary alicyclic amines) is 1. The third-order valence-electron chi connectivity index (χ3n) is 6.41. The molecule has 27 heavy (non-hydrogen) atoms. The zero-order valence-corrected chi connectivity index (χ0v) is 15.6. The van der Waals surface area contributed by atoms with Crippen LogP contribution >= 0.6 is 0 Å². The number of nitrogens with zero attached hydrogens (tertiary/aromatic N) is 2. The lowest BCUT2D eigenvalue weighted by atomic mass is 9.89. The molecule has 0 unspecified atom stereocenters. The highest BCUT2D eigenvalue weighted by atomic mass is 16.5. The number of fused-ring (bicyclic) bond motifs is 2. The maximum atomic E-state index is 13.6. The van der Waals surface area contributed by atoms with Crippen molar-refractivity contribution in [3.63, 3.8) is 0 Å². The van der Waals surface area contributed by atoms with Crippen LogP contribution in [0.2, 0.25) is 0 Å². The van der Waals surface area contributed by atoms with Crippen molar-refractivity contribution in [1.82, 2.24) is 15.2 Å². The van der Waals surface area contributed by atoms with Crippen LogP contribution in [0.15, 0.2) is 36.4 Å². The molecule has 1 aliphatic carbocycles. The molecule has 1 amide bonds. The summed E-state index contributed by atoms with van der Waals surface area (Å²) >= 11 is 0. The summed E-state index contributed by atoms with van der Waals surface area (Å²) < 4.78 is 5.52. The van der Waals surface area contributed by atoms with Gasteiger partial charge in [-0.1, -0.05) is 30.3 Å². The van der Waals surface area contributed by atoms with E-state index < -0.39 is 0 Å². The van der Waals surface area contributed by atoms with Gasteiger partial charge in [0.2, 0.25) is 5.88 Å². The first-order chi connectivity index (χ1) is 13.3. The van der Waals surface area contributed by atoms with Crippen LogP contribution in [0, 0.1) is 11.8 Å². The van der Waals surface area contributed by atoms with E-state index >= 15 is 0 Å². The smallest absolute Gasteiger partial charge is 0.259 e. The minimum absolute atomic E-state index is 0.0531. The van der Waals surface area contributed by atoms with Crippen molar-refractivity contribution >= 4 is 5.91 Å². The number of benzene rings is 1. The van der Waals surface area contributed by atoms with Gasteiger partial charge in [-0.3, -0.25) is 4.79 Å². The zero-order chi connectivity index (χ0) is 18.4. The second-order valence-corrected chi connectivity index (χ2v) is 7.90. The van der Waals surface area contributed by atoms with Crippen LogP contribution in [0.3, 0.4) is 0 Å². The van der Waals surface area contributed by atoms with E-state index in [2.05, 4.69) is 39.5 Å². The second-order valence-electron chi connectivity index (χ2n) is 7.90. The van der Waals surface area contributed by atoms with Crippen molar-refractivity contribution in [3.05, 3.63) is 58.8 Å². The summed E-state index contributed by atoms with van der Waals surface area (Å²) in [7, 11) is 1.61. The highest BCUT2D eigenvalue weighted by Crippen LogP contribution is 2.44. The van der Waals surface area contributed by atoms with Gasteiger partial charge in [0.05, 0.1) is 13.2 Å². The maximum absolute atomic E-state index is 13.6. The number of pyridine rings is 1. The minimum atomic E-state index is 0.0531. The molecule has 0 bridgehead atoms. The number of aryl methyl sites for hydroxylation is 2. The summed E-state index contributed by atoms with van der Waals surface area (Å²) in [6, 6.07) is 12.6. The van der Waals surface area contributed by atoms with E-state index in [4.69, 9.17) is 4.74 Å². The fourth-order valence-corrected chi connectivity index (χ4v) is 5.12. The third-order valence-corrected chi connectivity index (χ3v) is 6.41. The number of rotatable bonds is 3. The fourth-order valence-electron chi connectivity index (χ4n) is 5.12. The summed E-state index contributed by atoms with van der Waals surface area (Å²) in [5.41, 5.74) is 4.13. The molecule has 5 rings (SSSR count). The van der Waals surface area contributed by atoms with E-state index in [0.29, 0.717) is 23.3 Å². The van der Waals surface area contributed by atoms with Crippen molar-refractivity contribution in [1.29, 1.82) is 0 Å². The van der Waals surface area contributed by atoms with E-state index in [1.807, 2.05) is 12.1 Å². The molecule has 0 radical (unpaired) electrons. The first kappa shape index (κ1) is 16.8. The molecule has 2 saturated heterocycles. The number of amides is 1. The summed E-state index contributed by atoms with van der Waals surface area (Å²) in [4.78, 5) is 20.3. The summed E-state index contributed by atoms with van der Waals surface area (Å²) in [5.74, 6) is 1.50. The molecule has 1 N–H and O–H groups in total. The summed E-state index contributed by atoms with van der Waals surface area (Å²) in [6.07, 6.45) is 3.09. The van der Waals surface area contributed by atoms with Gasteiger partial charge >= 0.3 is 0 Å². The Kier molecular flexibility index (Phi) is 4.12. The lowest BCUT2D eigenvalue weighted by Gasteiger charge is -2.29.